The van der Waals surface area contributed by atoms with Crippen molar-refractivity contribution in [3.05, 3.63) is 64.0 Å². The zero-order valence-electron chi connectivity index (χ0n) is 14.9. The average molecular weight is 478 g/mol. The zero-order chi connectivity index (χ0) is 21.7. The van der Waals surface area contributed by atoms with Gasteiger partial charge < -0.3 is 14.5 Å². The number of ether oxygens (including phenoxy) is 1. The van der Waals surface area contributed by atoms with E-state index in [0.717, 1.165) is 23.9 Å². The van der Waals surface area contributed by atoms with Gasteiger partial charge in [-0.1, -0.05) is 41.0 Å². The molecule has 0 spiro atoms. The van der Waals surface area contributed by atoms with Crippen LogP contribution in [0.15, 0.2) is 52.1 Å². The van der Waals surface area contributed by atoms with Gasteiger partial charge in [-0.15, -0.1) is 10.2 Å². The van der Waals surface area contributed by atoms with Gasteiger partial charge in [-0.2, -0.15) is 13.2 Å². The Morgan fingerprint density at radius 2 is 1.97 bits per heavy atom. The summed E-state index contributed by atoms with van der Waals surface area (Å²) in [5, 5.41) is 10.8. The number of hydrogen-bond acceptors (Lipinski definition) is 6. The van der Waals surface area contributed by atoms with Crippen LogP contribution < -0.4 is 10.1 Å². The maximum Gasteiger partial charge on any atom is 0.416 e. The van der Waals surface area contributed by atoms with E-state index in [2.05, 4.69) is 15.5 Å². The number of carbonyl (C=O) groups is 1. The number of alkyl halides is 3. The van der Waals surface area contributed by atoms with Crippen LogP contribution in [-0.2, 0) is 17.6 Å². The molecule has 0 saturated heterocycles. The first-order valence-electron chi connectivity index (χ1n) is 8.21. The summed E-state index contributed by atoms with van der Waals surface area (Å²) < 4.78 is 49.0. The molecule has 1 amide bonds. The van der Waals surface area contributed by atoms with Crippen LogP contribution in [0.2, 0.25) is 10.0 Å². The van der Waals surface area contributed by atoms with E-state index < -0.39 is 17.6 Å². The number of benzene rings is 2. The van der Waals surface area contributed by atoms with Gasteiger partial charge in [0.2, 0.25) is 5.91 Å². The number of hydrogen-bond donors (Lipinski definition) is 1. The molecule has 0 radical (unpaired) electrons. The molecule has 0 aliphatic heterocycles. The second kappa shape index (κ2) is 9.59. The molecular weight excluding hydrogens is 466 g/mol. The first-order chi connectivity index (χ1) is 14.2. The van der Waals surface area contributed by atoms with Gasteiger partial charge in [-0.25, -0.2) is 0 Å². The molecule has 30 heavy (non-hydrogen) atoms. The normalized spacial score (nSPS) is 11.4. The number of nitrogens with zero attached hydrogens (tertiary/aromatic N) is 2. The van der Waals surface area contributed by atoms with Crippen molar-refractivity contribution in [2.45, 2.75) is 18.0 Å². The molecule has 1 heterocycles. The Hall–Kier alpha value is -2.43. The molecule has 1 aromatic heterocycles. The van der Waals surface area contributed by atoms with Gasteiger partial charge in [-0.05, 0) is 36.4 Å². The fourth-order valence-electron chi connectivity index (χ4n) is 2.18. The maximum absolute atomic E-state index is 12.7. The summed E-state index contributed by atoms with van der Waals surface area (Å²) in [6, 6.07) is 9.08. The monoisotopic (exact) mass is 477 g/mol. The van der Waals surface area contributed by atoms with Crippen LogP contribution >= 0.6 is 35.0 Å². The molecule has 0 saturated carbocycles. The lowest BCUT2D eigenvalue weighted by molar-refractivity contribution is -0.137. The van der Waals surface area contributed by atoms with Gasteiger partial charge in [0.15, 0.2) is 6.61 Å². The summed E-state index contributed by atoms with van der Waals surface area (Å²) in [4.78, 5) is 12.0. The van der Waals surface area contributed by atoms with Gasteiger partial charge in [0.05, 0.1) is 16.3 Å². The quantitative estimate of drug-likeness (QED) is 0.439. The zero-order valence-corrected chi connectivity index (χ0v) is 17.2. The molecule has 0 bridgehead atoms. The van der Waals surface area contributed by atoms with Crippen LogP contribution in [0, 0.1) is 0 Å². The molecule has 0 unspecified atom stereocenters. The Balaban J connectivity index is 1.49. The Labute approximate surface area is 182 Å². The van der Waals surface area contributed by atoms with E-state index in [9.17, 15) is 18.0 Å². The number of nitrogens with one attached hydrogen (secondary N) is 1. The first-order valence-corrected chi connectivity index (χ1v) is 9.95. The van der Waals surface area contributed by atoms with Gasteiger partial charge in [0.1, 0.15) is 5.75 Å². The number of halogens is 5. The van der Waals surface area contributed by atoms with Gasteiger partial charge in [-0.3, -0.25) is 4.79 Å². The van der Waals surface area contributed by atoms with Crippen LogP contribution in [0.3, 0.4) is 0 Å². The molecule has 1 N–H and O–H groups in total. The van der Waals surface area contributed by atoms with E-state index in [4.69, 9.17) is 32.4 Å². The Kier molecular flexibility index (Phi) is 7.11. The molecule has 0 fully saturated rings. The highest BCUT2D eigenvalue weighted by Crippen LogP contribution is 2.31. The molecular formula is C18H12Cl2F3N3O3S. The van der Waals surface area contributed by atoms with Crippen LogP contribution in [0.25, 0.3) is 0 Å². The lowest BCUT2D eigenvalue weighted by atomic mass is 10.2. The fraction of sp³-hybridized carbons (Fsp3) is 0.167. The van der Waals surface area contributed by atoms with Crippen LogP contribution in [0.4, 0.5) is 18.9 Å². The Morgan fingerprint density at radius 3 is 2.70 bits per heavy atom. The maximum atomic E-state index is 12.7. The number of amides is 1. The highest BCUT2D eigenvalue weighted by atomic mass is 35.5. The molecule has 0 aliphatic rings. The lowest BCUT2D eigenvalue weighted by Crippen LogP contribution is -2.15. The van der Waals surface area contributed by atoms with E-state index >= 15 is 0 Å². The van der Waals surface area contributed by atoms with Crippen molar-refractivity contribution >= 4 is 46.6 Å². The lowest BCUT2D eigenvalue weighted by Gasteiger charge is -2.09. The van der Waals surface area contributed by atoms with E-state index in [1.807, 2.05) is 0 Å². The van der Waals surface area contributed by atoms with Crippen molar-refractivity contribution in [3.63, 3.8) is 0 Å². The smallest absolute Gasteiger partial charge is 0.416 e. The van der Waals surface area contributed by atoms with Crippen LogP contribution in [-0.4, -0.2) is 21.9 Å². The molecule has 3 aromatic rings. The topological polar surface area (TPSA) is 77.2 Å². The second-order valence-corrected chi connectivity index (χ2v) is 7.51. The van der Waals surface area contributed by atoms with E-state index in [1.54, 1.807) is 12.1 Å². The summed E-state index contributed by atoms with van der Waals surface area (Å²) in [5.41, 5.74) is -0.815. The van der Waals surface area contributed by atoms with Gasteiger partial charge in [0.25, 0.3) is 11.1 Å². The number of aromatic nitrogens is 2. The third-order valence-corrected chi connectivity index (χ3v) is 4.84. The predicted octanol–water partition coefficient (Wildman–Crippen LogP) is 5.71. The molecule has 6 nitrogen and oxygen atoms in total. The average Bonchev–Trinajstić information content (AvgIpc) is 3.13. The van der Waals surface area contributed by atoms with Crippen molar-refractivity contribution in [2.75, 3.05) is 11.1 Å². The standard InChI is InChI=1S/C18H12Cl2F3N3O3S/c19-11-4-5-14(13(20)7-11)28-8-16-25-26-17(29-16)30-9-15(27)24-12-3-1-2-10(6-12)18(21,22)23/h1-7H,8-9H2,(H,24,27). The van der Waals surface area contributed by atoms with Gasteiger partial charge >= 0.3 is 6.18 Å². The highest BCUT2D eigenvalue weighted by Gasteiger charge is 2.30. The van der Waals surface area contributed by atoms with E-state index in [1.165, 1.54) is 18.2 Å². The Morgan fingerprint density at radius 1 is 1.17 bits per heavy atom. The minimum Gasteiger partial charge on any atom is -0.482 e. The van der Waals surface area contributed by atoms with Crippen LogP contribution in [0.1, 0.15) is 11.5 Å². The highest BCUT2D eigenvalue weighted by molar-refractivity contribution is 7.99. The minimum atomic E-state index is -4.49. The van der Waals surface area contributed by atoms with Crippen LogP contribution in [0.5, 0.6) is 5.75 Å². The SMILES string of the molecule is O=C(CSc1nnc(COc2ccc(Cl)cc2Cl)o1)Nc1cccc(C(F)(F)F)c1. The van der Waals surface area contributed by atoms with Crippen molar-refractivity contribution < 1.29 is 27.1 Å². The molecule has 3 rings (SSSR count). The first kappa shape index (κ1) is 22.3. The van der Waals surface area contributed by atoms with Crippen molar-refractivity contribution in [2.24, 2.45) is 0 Å². The third kappa shape index (κ3) is 6.28. The molecule has 158 valence electrons. The van der Waals surface area contributed by atoms with Crippen molar-refractivity contribution in [1.29, 1.82) is 0 Å². The molecule has 0 atom stereocenters. The van der Waals surface area contributed by atoms with Crippen molar-refractivity contribution in [1.82, 2.24) is 10.2 Å². The summed E-state index contributed by atoms with van der Waals surface area (Å²) in [6.45, 7) is -0.0503. The molecule has 2 aromatic carbocycles. The summed E-state index contributed by atoms with van der Waals surface area (Å²) in [5.74, 6) is -0.124. The number of thioether (sulfide) groups is 1. The predicted molar refractivity (Wildman–Crippen MR) is 106 cm³/mol. The summed E-state index contributed by atoms with van der Waals surface area (Å²) in [7, 11) is 0. The number of carbonyl (C=O) groups excluding carboxylic acids is 1. The summed E-state index contributed by atoms with van der Waals surface area (Å²) in [6.07, 6.45) is -4.49. The number of anilines is 1. The number of rotatable bonds is 7. The molecule has 12 heteroatoms. The summed E-state index contributed by atoms with van der Waals surface area (Å²) >= 11 is 12.7. The van der Waals surface area contributed by atoms with Crippen molar-refractivity contribution in [3.8, 4) is 5.75 Å². The Bertz CT molecular complexity index is 1050. The van der Waals surface area contributed by atoms with Gasteiger partial charge in [0, 0.05) is 10.7 Å². The second-order valence-electron chi connectivity index (χ2n) is 5.74. The van der Waals surface area contributed by atoms with E-state index in [-0.39, 0.29) is 29.2 Å². The fourth-order valence-corrected chi connectivity index (χ4v) is 3.23. The molecule has 0 aliphatic carbocycles. The van der Waals surface area contributed by atoms with E-state index in [0.29, 0.717) is 15.8 Å². The largest absolute Gasteiger partial charge is 0.482 e. The minimum absolute atomic E-state index is 0.0369. The third-order valence-electron chi connectivity index (χ3n) is 3.49.